The summed E-state index contributed by atoms with van der Waals surface area (Å²) in [6, 6.07) is 7.76. The molecule has 0 spiro atoms. The van der Waals surface area contributed by atoms with Gasteiger partial charge >= 0.3 is 0 Å². The largest absolute Gasteiger partial charge is 0.388 e. The molecule has 0 aliphatic heterocycles. The SMILES string of the molecule is Cc1cccnc1CC(O)c1ccc(F)cc1Cl. The summed E-state index contributed by atoms with van der Waals surface area (Å²) in [5.74, 6) is -0.412. The quantitative estimate of drug-likeness (QED) is 0.922. The van der Waals surface area contributed by atoms with Crippen molar-refractivity contribution in [2.24, 2.45) is 0 Å². The topological polar surface area (TPSA) is 33.1 Å². The van der Waals surface area contributed by atoms with E-state index in [0.717, 1.165) is 11.3 Å². The third kappa shape index (κ3) is 2.86. The Hall–Kier alpha value is -1.45. The molecular formula is C14H13ClFNO. The van der Waals surface area contributed by atoms with Crippen LogP contribution >= 0.6 is 11.6 Å². The number of aromatic nitrogens is 1. The molecule has 1 unspecified atom stereocenters. The molecule has 1 atom stereocenters. The lowest BCUT2D eigenvalue weighted by molar-refractivity contribution is 0.177. The van der Waals surface area contributed by atoms with Crippen LogP contribution in [0.4, 0.5) is 4.39 Å². The number of benzene rings is 1. The number of aliphatic hydroxyl groups is 1. The summed E-state index contributed by atoms with van der Waals surface area (Å²) in [5.41, 5.74) is 2.34. The van der Waals surface area contributed by atoms with Gasteiger partial charge < -0.3 is 5.11 Å². The van der Waals surface area contributed by atoms with Gasteiger partial charge in [0.15, 0.2) is 0 Å². The molecule has 0 amide bonds. The van der Waals surface area contributed by atoms with Crippen LogP contribution in [0.1, 0.15) is 22.9 Å². The fourth-order valence-corrected chi connectivity index (χ4v) is 2.09. The third-order valence-electron chi connectivity index (χ3n) is 2.83. The number of rotatable bonds is 3. The molecule has 4 heteroatoms. The summed E-state index contributed by atoms with van der Waals surface area (Å²) >= 11 is 5.91. The fourth-order valence-electron chi connectivity index (χ4n) is 1.80. The van der Waals surface area contributed by atoms with Gasteiger partial charge in [0.05, 0.1) is 6.10 Å². The molecule has 2 aromatic rings. The van der Waals surface area contributed by atoms with E-state index in [1.165, 1.54) is 18.2 Å². The van der Waals surface area contributed by atoms with Crippen LogP contribution in [0.3, 0.4) is 0 Å². The van der Waals surface area contributed by atoms with E-state index in [1.807, 2.05) is 19.1 Å². The molecule has 0 radical (unpaired) electrons. The average molecular weight is 266 g/mol. The monoisotopic (exact) mass is 265 g/mol. The second kappa shape index (κ2) is 5.46. The van der Waals surface area contributed by atoms with E-state index in [4.69, 9.17) is 11.6 Å². The highest BCUT2D eigenvalue weighted by Gasteiger charge is 2.14. The van der Waals surface area contributed by atoms with E-state index in [9.17, 15) is 9.50 Å². The van der Waals surface area contributed by atoms with Gasteiger partial charge in [-0.3, -0.25) is 4.98 Å². The predicted octanol–water partition coefficient (Wildman–Crippen LogP) is 3.46. The van der Waals surface area contributed by atoms with Crippen molar-refractivity contribution < 1.29 is 9.50 Å². The molecule has 94 valence electrons. The van der Waals surface area contributed by atoms with Gasteiger partial charge in [0.1, 0.15) is 5.82 Å². The van der Waals surface area contributed by atoms with E-state index in [-0.39, 0.29) is 5.02 Å². The number of hydrogen-bond donors (Lipinski definition) is 1. The number of nitrogens with zero attached hydrogens (tertiary/aromatic N) is 1. The number of hydrogen-bond acceptors (Lipinski definition) is 2. The minimum absolute atomic E-state index is 0.232. The summed E-state index contributed by atoms with van der Waals surface area (Å²) in [6.45, 7) is 1.93. The van der Waals surface area contributed by atoms with Gasteiger partial charge in [-0.1, -0.05) is 23.7 Å². The molecule has 0 saturated carbocycles. The van der Waals surface area contributed by atoms with Gasteiger partial charge in [-0.25, -0.2) is 4.39 Å². The van der Waals surface area contributed by atoms with Crippen LogP contribution in [0, 0.1) is 12.7 Å². The smallest absolute Gasteiger partial charge is 0.124 e. The van der Waals surface area contributed by atoms with E-state index >= 15 is 0 Å². The maximum absolute atomic E-state index is 12.9. The van der Waals surface area contributed by atoms with E-state index in [0.29, 0.717) is 12.0 Å². The lowest BCUT2D eigenvalue weighted by Gasteiger charge is -2.13. The second-order valence-corrected chi connectivity index (χ2v) is 4.56. The highest BCUT2D eigenvalue weighted by atomic mass is 35.5. The summed E-state index contributed by atoms with van der Waals surface area (Å²) in [5, 5.41) is 10.4. The van der Waals surface area contributed by atoms with Crippen LogP contribution < -0.4 is 0 Å². The zero-order valence-corrected chi connectivity index (χ0v) is 10.7. The Morgan fingerprint density at radius 3 is 2.83 bits per heavy atom. The Bertz CT molecular complexity index is 559. The average Bonchev–Trinajstić information content (AvgIpc) is 2.32. The zero-order valence-electron chi connectivity index (χ0n) is 9.90. The van der Waals surface area contributed by atoms with Crippen molar-refractivity contribution in [2.75, 3.05) is 0 Å². The number of pyridine rings is 1. The molecule has 0 saturated heterocycles. The van der Waals surface area contributed by atoms with Crippen molar-refractivity contribution in [3.63, 3.8) is 0 Å². The Morgan fingerprint density at radius 2 is 2.17 bits per heavy atom. The number of halogens is 2. The van der Waals surface area contributed by atoms with Gasteiger partial charge in [0, 0.05) is 23.3 Å². The van der Waals surface area contributed by atoms with Gasteiger partial charge in [-0.15, -0.1) is 0 Å². The first-order valence-corrected chi connectivity index (χ1v) is 5.99. The van der Waals surface area contributed by atoms with Crippen molar-refractivity contribution in [3.05, 3.63) is 64.2 Å². The maximum atomic E-state index is 12.9. The standard InChI is InChI=1S/C14H13ClFNO/c1-9-3-2-6-17-13(9)8-14(18)11-5-4-10(16)7-12(11)15/h2-7,14,18H,8H2,1H3. The minimum atomic E-state index is -0.785. The van der Waals surface area contributed by atoms with Crippen LogP contribution in [0.5, 0.6) is 0 Å². The first-order valence-electron chi connectivity index (χ1n) is 5.61. The Kier molecular flexibility index (Phi) is 3.94. The molecule has 1 N–H and O–H groups in total. The van der Waals surface area contributed by atoms with Crippen molar-refractivity contribution in [3.8, 4) is 0 Å². The zero-order chi connectivity index (χ0) is 13.1. The Labute approximate surface area is 110 Å². The minimum Gasteiger partial charge on any atom is -0.388 e. The van der Waals surface area contributed by atoms with E-state index in [1.54, 1.807) is 6.20 Å². The van der Waals surface area contributed by atoms with Crippen molar-refractivity contribution >= 4 is 11.6 Å². The molecule has 0 fully saturated rings. The molecule has 1 aromatic heterocycles. The Balaban J connectivity index is 2.22. The van der Waals surface area contributed by atoms with Crippen molar-refractivity contribution in [2.45, 2.75) is 19.4 Å². The fraction of sp³-hybridized carbons (Fsp3) is 0.214. The van der Waals surface area contributed by atoms with Gasteiger partial charge in [0.25, 0.3) is 0 Å². The maximum Gasteiger partial charge on any atom is 0.124 e. The predicted molar refractivity (Wildman–Crippen MR) is 69.0 cm³/mol. The number of aliphatic hydroxyl groups excluding tert-OH is 1. The lowest BCUT2D eigenvalue weighted by Crippen LogP contribution is -2.05. The lowest BCUT2D eigenvalue weighted by atomic mass is 10.0. The van der Waals surface area contributed by atoms with Crippen LogP contribution in [-0.4, -0.2) is 10.1 Å². The molecule has 0 bridgehead atoms. The molecule has 2 nitrogen and oxygen atoms in total. The van der Waals surface area contributed by atoms with Gasteiger partial charge in [-0.2, -0.15) is 0 Å². The van der Waals surface area contributed by atoms with E-state index < -0.39 is 11.9 Å². The molecule has 0 aliphatic carbocycles. The number of aryl methyl sites for hydroxylation is 1. The molecular weight excluding hydrogens is 253 g/mol. The first-order chi connectivity index (χ1) is 8.58. The van der Waals surface area contributed by atoms with Crippen LogP contribution in [0.15, 0.2) is 36.5 Å². The highest BCUT2D eigenvalue weighted by molar-refractivity contribution is 6.31. The summed E-state index contributed by atoms with van der Waals surface area (Å²) in [6.07, 6.45) is 1.26. The molecule has 0 aliphatic rings. The normalized spacial score (nSPS) is 12.4. The van der Waals surface area contributed by atoms with Crippen molar-refractivity contribution in [1.29, 1.82) is 0 Å². The van der Waals surface area contributed by atoms with Crippen LogP contribution in [-0.2, 0) is 6.42 Å². The highest BCUT2D eigenvalue weighted by Crippen LogP contribution is 2.26. The van der Waals surface area contributed by atoms with Crippen LogP contribution in [0.25, 0.3) is 0 Å². The van der Waals surface area contributed by atoms with E-state index in [2.05, 4.69) is 4.98 Å². The molecule has 1 heterocycles. The Morgan fingerprint density at radius 1 is 1.39 bits per heavy atom. The summed E-state index contributed by atoms with van der Waals surface area (Å²) in [4.78, 5) is 4.21. The van der Waals surface area contributed by atoms with Gasteiger partial charge in [0.2, 0.25) is 0 Å². The summed E-state index contributed by atoms with van der Waals surface area (Å²) < 4.78 is 12.9. The second-order valence-electron chi connectivity index (χ2n) is 4.15. The van der Waals surface area contributed by atoms with Gasteiger partial charge in [-0.05, 0) is 36.2 Å². The van der Waals surface area contributed by atoms with Crippen molar-refractivity contribution in [1.82, 2.24) is 4.98 Å². The first kappa shape index (κ1) is 13.0. The molecule has 1 aromatic carbocycles. The summed E-state index contributed by atoms with van der Waals surface area (Å²) in [7, 11) is 0. The van der Waals surface area contributed by atoms with Crippen LogP contribution in [0.2, 0.25) is 5.02 Å². The third-order valence-corrected chi connectivity index (χ3v) is 3.15. The molecule has 2 rings (SSSR count). The molecule has 18 heavy (non-hydrogen) atoms.